The summed E-state index contributed by atoms with van der Waals surface area (Å²) < 4.78 is 13.6. The van der Waals surface area contributed by atoms with Crippen LogP contribution in [-0.4, -0.2) is 17.0 Å². The first-order valence-electron chi connectivity index (χ1n) is 7.88. The predicted octanol–water partition coefficient (Wildman–Crippen LogP) is 3.71. The van der Waals surface area contributed by atoms with Gasteiger partial charge in [-0.1, -0.05) is 25.0 Å². The van der Waals surface area contributed by atoms with Crippen molar-refractivity contribution in [3.05, 3.63) is 57.5 Å². The summed E-state index contributed by atoms with van der Waals surface area (Å²) in [6, 6.07) is 9.50. The highest BCUT2D eigenvalue weighted by atomic mass is 32.1. The van der Waals surface area contributed by atoms with Gasteiger partial charge in [-0.05, 0) is 42.7 Å². The average Bonchev–Trinajstić information content (AvgIpc) is 3.23. The molecule has 1 aliphatic rings. The van der Waals surface area contributed by atoms with E-state index in [1.165, 1.54) is 18.2 Å². The second kappa shape index (κ2) is 6.73. The highest BCUT2D eigenvalue weighted by molar-refractivity contribution is 7.13. The van der Waals surface area contributed by atoms with Crippen LogP contribution in [0.1, 0.15) is 45.8 Å². The van der Waals surface area contributed by atoms with E-state index >= 15 is 0 Å². The average molecular weight is 347 g/mol. The third-order valence-corrected chi connectivity index (χ3v) is 5.64. The molecule has 3 rings (SSSR count). The molecule has 4 nitrogen and oxygen atoms in total. The molecule has 0 saturated heterocycles. The smallest absolute Gasteiger partial charge is 0.345 e. The summed E-state index contributed by atoms with van der Waals surface area (Å²) in [4.78, 5) is 24.8. The van der Waals surface area contributed by atoms with E-state index in [0.29, 0.717) is 12.8 Å². The maximum absolute atomic E-state index is 13.6. The molecule has 1 saturated carbocycles. The Labute approximate surface area is 143 Å². The van der Waals surface area contributed by atoms with Crippen LogP contribution in [-0.2, 0) is 16.8 Å². The standard InChI is InChI=1S/C18H18FNO3S/c19-13-5-3-4-12(10-13)18(8-1-2-9-18)17(23)20-11-14-6-7-15(24-14)16(21)22/h3-7,10H,1-2,8-9,11H2,(H,20,23)(H,21,22). The van der Waals surface area contributed by atoms with Crippen molar-refractivity contribution < 1.29 is 19.1 Å². The second-order valence-corrected chi connectivity index (χ2v) is 7.22. The van der Waals surface area contributed by atoms with Crippen LogP contribution in [0, 0.1) is 5.82 Å². The number of hydrogen-bond donors (Lipinski definition) is 2. The van der Waals surface area contributed by atoms with Gasteiger partial charge < -0.3 is 10.4 Å². The van der Waals surface area contributed by atoms with Crippen molar-refractivity contribution >= 4 is 23.2 Å². The van der Waals surface area contributed by atoms with E-state index in [1.807, 2.05) is 6.07 Å². The van der Waals surface area contributed by atoms with Crippen LogP contribution in [0.3, 0.4) is 0 Å². The quantitative estimate of drug-likeness (QED) is 0.866. The van der Waals surface area contributed by atoms with E-state index in [1.54, 1.807) is 12.1 Å². The van der Waals surface area contributed by atoms with Crippen LogP contribution in [0.4, 0.5) is 4.39 Å². The molecule has 6 heteroatoms. The minimum atomic E-state index is -0.968. The SMILES string of the molecule is O=C(O)c1ccc(CNC(=O)C2(c3cccc(F)c3)CCCC2)s1. The van der Waals surface area contributed by atoms with Gasteiger partial charge in [-0.15, -0.1) is 11.3 Å². The van der Waals surface area contributed by atoms with Crippen LogP contribution in [0.5, 0.6) is 0 Å². The number of amides is 1. The van der Waals surface area contributed by atoms with E-state index in [9.17, 15) is 14.0 Å². The highest BCUT2D eigenvalue weighted by Crippen LogP contribution is 2.41. The van der Waals surface area contributed by atoms with Crippen molar-refractivity contribution in [2.24, 2.45) is 0 Å². The van der Waals surface area contributed by atoms with Crippen LogP contribution >= 0.6 is 11.3 Å². The van der Waals surface area contributed by atoms with Crippen LogP contribution in [0.2, 0.25) is 0 Å². The van der Waals surface area contributed by atoms with E-state index < -0.39 is 11.4 Å². The molecule has 1 aliphatic carbocycles. The molecule has 0 atom stereocenters. The number of rotatable bonds is 5. The normalized spacial score (nSPS) is 16.0. The van der Waals surface area contributed by atoms with E-state index in [-0.39, 0.29) is 23.1 Å². The lowest BCUT2D eigenvalue weighted by Crippen LogP contribution is -2.42. The number of hydrogen-bond acceptors (Lipinski definition) is 3. The number of aromatic carboxylic acids is 1. The Bertz CT molecular complexity index is 765. The number of carboxylic acids is 1. The van der Waals surface area contributed by atoms with E-state index in [4.69, 9.17) is 5.11 Å². The fourth-order valence-corrected chi connectivity index (χ4v) is 4.12. The molecule has 1 aromatic carbocycles. The summed E-state index contributed by atoms with van der Waals surface area (Å²) >= 11 is 1.15. The van der Waals surface area contributed by atoms with Gasteiger partial charge in [0.1, 0.15) is 10.7 Å². The number of carbonyl (C=O) groups excluding carboxylic acids is 1. The van der Waals surface area contributed by atoms with Crippen molar-refractivity contribution in [2.45, 2.75) is 37.6 Å². The number of halogens is 1. The lowest BCUT2D eigenvalue weighted by Gasteiger charge is -2.28. The van der Waals surface area contributed by atoms with Crippen LogP contribution in [0.15, 0.2) is 36.4 Å². The van der Waals surface area contributed by atoms with E-state index in [0.717, 1.165) is 34.6 Å². The molecule has 2 N–H and O–H groups in total. The van der Waals surface area contributed by atoms with Gasteiger partial charge >= 0.3 is 5.97 Å². The number of nitrogens with one attached hydrogen (secondary N) is 1. The molecule has 1 heterocycles. The van der Waals surface area contributed by atoms with Gasteiger partial charge in [-0.25, -0.2) is 9.18 Å². The molecule has 24 heavy (non-hydrogen) atoms. The van der Waals surface area contributed by atoms with Gasteiger partial charge in [0.15, 0.2) is 0 Å². The fraction of sp³-hybridized carbons (Fsp3) is 0.333. The Hall–Kier alpha value is -2.21. The number of carbonyl (C=O) groups is 2. The zero-order valence-electron chi connectivity index (χ0n) is 13.0. The Morgan fingerprint density at radius 3 is 2.58 bits per heavy atom. The molecule has 0 bridgehead atoms. The van der Waals surface area contributed by atoms with Crippen molar-refractivity contribution in [2.75, 3.05) is 0 Å². The van der Waals surface area contributed by atoms with Gasteiger partial charge in [0.25, 0.3) is 0 Å². The number of carboxylic acid groups (broad SMARTS) is 1. The lowest BCUT2D eigenvalue weighted by molar-refractivity contribution is -0.126. The summed E-state index contributed by atoms with van der Waals surface area (Å²) in [6.45, 7) is 0.286. The van der Waals surface area contributed by atoms with Crippen LogP contribution < -0.4 is 5.32 Å². The number of thiophene rings is 1. The maximum atomic E-state index is 13.6. The monoisotopic (exact) mass is 347 g/mol. The zero-order valence-corrected chi connectivity index (χ0v) is 13.9. The Morgan fingerprint density at radius 2 is 1.96 bits per heavy atom. The maximum Gasteiger partial charge on any atom is 0.345 e. The topological polar surface area (TPSA) is 66.4 Å². The fourth-order valence-electron chi connectivity index (χ4n) is 3.34. The van der Waals surface area contributed by atoms with Crippen molar-refractivity contribution in [1.29, 1.82) is 0 Å². The first-order valence-corrected chi connectivity index (χ1v) is 8.69. The molecule has 0 radical (unpaired) electrons. The largest absolute Gasteiger partial charge is 0.477 e. The summed E-state index contributed by atoms with van der Waals surface area (Å²) in [5.41, 5.74) is 0.0320. The minimum absolute atomic E-state index is 0.115. The predicted molar refractivity (Wildman–Crippen MR) is 89.7 cm³/mol. The zero-order chi connectivity index (χ0) is 17.2. The molecular formula is C18H18FNO3S. The van der Waals surface area contributed by atoms with Gasteiger partial charge in [0, 0.05) is 4.88 Å². The molecule has 0 unspecified atom stereocenters. The second-order valence-electron chi connectivity index (χ2n) is 6.05. The first-order chi connectivity index (χ1) is 11.5. The van der Waals surface area contributed by atoms with Gasteiger partial charge in [-0.2, -0.15) is 0 Å². The molecule has 1 amide bonds. The van der Waals surface area contributed by atoms with E-state index in [2.05, 4.69) is 5.32 Å². The molecular weight excluding hydrogens is 329 g/mol. The van der Waals surface area contributed by atoms with Gasteiger partial charge in [0.05, 0.1) is 12.0 Å². The summed E-state index contributed by atoms with van der Waals surface area (Å²) in [5, 5.41) is 11.9. The summed E-state index contributed by atoms with van der Waals surface area (Å²) in [5.74, 6) is -1.42. The molecule has 2 aromatic rings. The Balaban J connectivity index is 1.76. The van der Waals surface area contributed by atoms with Crippen molar-refractivity contribution in [3.8, 4) is 0 Å². The highest BCUT2D eigenvalue weighted by Gasteiger charge is 2.42. The van der Waals surface area contributed by atoms with Gasteiger partial charge in [-0.3, -0.25) is 4.79 Å². The number of benzene rings is 1. The minimum Gasteiger partial charge on any atom is -0.477 e. The summed E-state index contributed by atoms with van der Waals surface area (Å²) in [7, 11) is 0. The van der Waals surface area contributed by atoms with Crippen molar-refractivity contribution in [1.82, 2.24) is 5.32 Å². The Kier molecular flexibility index (Phi) is 4.66. The third kappa shape index (κ3) is 3.19. The molecule has 126 valence electrons. The molecule has 1 aromatic heterocycles. The molecule has 0 aliphatic heterocycles. The lowest BCUT2D eigenvalue weighted by atomic mass is 9.78. The first kappa shape index (κ1) is 16.6. The van der Waals surface area contributed by atoms with Crippen LogP contribution in [0.25, 0.3) is 0 Å². The Morgan fingerprint density at radius 1 is 1.21 bits per heavy atom. The molecule has 1 fully saturated rings. The third-order valence-electron chi connectivity index (χ3n) is 4.56. The summed E-state index contributed by atoms with van der Waals surface area (Å²) in [6.07, 6.45) is 3.28. The van der Waals surface area contributed by atoms with Crippen molar-refractivity contribution in [3.63, 3.8) is 0 Å². The molecule has 0 spiro atoms. The van der Waals surface area contributed by atoms with Gasteiger partial charge in [0.2, 0.25) is 5.91 Å².